The molecule has 0 bridgehead atoms. The molecule has 2 rings (SSSR count). The van der Waals surface area contributed by atoms with Crippen LogP contribution in [0.4, 0.5) is 8.78 Å². The van der Waals surface area contributed by atoms with Crippen LogP contribution in [-0.4, -0.2) is 43.8 Å². The SMILES string of the molecule is CN(C(=O)CCc1cccc(F)c1F)[C@@H]1CCC[C@@H]1S(C)(=O)=O. The summed E-state index contributed by atoms with van der Waals surface area (Å²) in [6, 6.07) is 3.54. The second-order valence-corrected chi connectivity index (χ2v) is 8.35. The molecular formula is C16H21F2NO3S. The molecule has 0 unspecified atom stereocenters. The fraction of sp³-hybridized carbons (Fsp3) is 0.562. The summed E-state index contributed by atoms with van der Waals surface area (Å²) in [6.07, 6.45) is 3.26. The van der Waals surface area contributed by atoms with E-state index in [-0.39, 0.29) is 30.4 Å². The zero-order chi connectivity index (χ0) is 17.2. The van der Waals surface area contributed by atoms with Crippen molar-refractivity contribution < 1.29 is 22.0 Å². The minimum Gasteiger partial charge on any atom is -0.341 e. The molecule has 1 saturated carbocycles. The van der Waals surface area contributed by atoms with E-state index in [1.54, 1.807) is 7.05 Å². The van der Waals surface area contributed by atoms with Gasteiger partial charge in [0, 0.05) is 25.8 Å². The van der Waals surface area contributed by atoms with Crippen molar-refractivity contribution in [3.8, 4) is 0 Å². The standard InChI is InChI=1S/C16H21F2NO3S/c1-19(13-7-4-8-14(13)23(2,21)22)15(20)10-9-11-5-3-6-12(17)16(11)18/h3,5-6,13-14H,4,7-10H2,1-2H3/t13-,14+/m1/s1. The van der Waals surface area contributed by atoms with Crippen LogP contribution in [0.25, 0.3) is 0 Å². The molecule has 0 aliphatic heterocycles. The monoisotopic (exact) mass is 345 g/mol. The highest BCUT2D eigenvalue weighted by Gasteiger charge is 2.38. The molecular weight excluding hydrogens is 324 g/mol. The first-order chi connectivity index (χ1) is 10.7. The molecule has 1 fully saturated rings. The van der Waals surface area contributed by atoms with E-state index in [2.05, 4.69) is 0 Å². The Hall–Kier alpha value is -1.50. The number of nitrogens with zero attached hydrogens (tertiary/aromatic N) is 1. The molecule has 7 heteroatoms. The topological polar surface area (TPSA) is 54.5 Å². The lowest BCUT2D eigenvalue weighted by Gasteiger charge is -2.29. The summed E-state index contributed by atoms with van der Waals surface area (Å²) in [7, 11) is -1.63. The summed E-state index contributed by atoms with van der Waals surface area (Å²) in [4.78, 5) is 13.7. The van der Waals surface area contributed by atoms with Gasteiger partial charge >= 0.3 is 0 Å². The van der Waals surface area contributed by atoms with Crippen molar-refractivity contribution in [3.63, 3.8) is 0 Å². The van der Waals surface area contributed by atoms with Crippen LogP contribution in [-0.2, 0) is 21.1 Å². The smallest absolute Gasteiger partial charge is 0.222 e. The summed E-state index contributed by atoms with van der Waals surface area (Å²) in [5.74, 6) is -2.12. The number of amides is 1. The van der Waals surface area contributed by atoms with Gasteiger partial charge in [0.25, 0.3) is 0 Å². The Balaban J connectivity index is 2.01. The van der Waals surface area contributed by atoms with E-state index >= 15 is 0 Å². The first-order valence-corrected chi connectivity index (χ1v) is 9.54. The number of halogens is 2. The van der Waals surface area contributed by atoms with Gasteiger partial charge in [0.15, 0.2) is 21.5 Å². The predicted octanol–water partition coefficient (Wildman–Crippen LogP) is 2.32. The number of aryl methyl sites for hydroxylation is 1. The first-order valence-electron chi connectivity index (χ1n) is 7.59. The molecule has 1 aliphatic carbocycles. The van der Waals surface area contributed by atoms with Gasteiger partial charge in [0.2, 0.25) is 5.91 Å². The van der Waals surface area contributed by atoms with Crippen LogP contribution in [0.2, 0.25) is 0 Å². The maximum atomic E-state index is 13.6. The second kappa shape index (κ2) is 6.95. The van der Waals surface area contributed by atoms with E-state index in [1.165, 1.54) is 23.3 Å². The Labute approximate surface area is 135 Å². The number of carbonyl (C=O) groups excluding carboxylic acids is 1. The minimum absolute atomic E-state index is 0.0177. The molecule has 0 spiro atoms. The molecule has 2 atom stereocenters. The van der Waals surface area contributed by atoms with Gasteiger partial charge in [-0.15, -0.1) is 0 Å². The fourth-order valence-corrected chi connectivity index (χ4v) is 4.68. The highest BCUT2D eigenvalue weighted by atomic mass is 32.2. The number of benzene rings is 1. The summed E-state index contributed by atoms with van der Waals surface area (Å²) < 4.78 is 50.4. The Kier molecular flexibility index (Phi) is 5.39. The van der Waals surface area contributed by atoms with E-state index in [0.717, 1.165) is 12.5 Å². The van der Waals surface area contributed by atoms with Gasteiger partial charge in [-0.25, -0.2) is 17.2 Å². The third-order valence-corrected chi connectivity index (χ3v) is 6.15. The van der Waals surface area contributed by atoms with Gasteiger partial charge in [-0.3, -0.25) is 4.79 Å². The van der Waals surface area contributed by atoms with Crippen LogP contribution < -0.4 is 0 Å². The highest BCUT2D eigenvalue weighted by molar-refractivity contribution is 7.91. The Morgan fingerprint density at radius 2 is 2.00 bits per heavy atom. The van der Waals surface area contributed by atoms with Crippen LogP contribution in [0.3, 0.4) is 0 Å². The molecule has 0 heterocycles. The van der Waals surface area contributed by atoms with E-state index in [9.17, 15) is 22.0 Å². The maximum Gasteiger partial charge on any atom is 0.222 e. The molecule has 1 aromatic carbocycles. The lowest BCUT2D eigenvalue weighted by Crippen LogP contribution is -2.44. The second-order valence-electron chi connectivity index (χ2n) is 6.08. The summed E-state index contributed by atoms with van der Waals surface area (Å²) >= 11 is 0. The minimum atomic E-state index is -3.21. The first kappa shape index (κ1) is 17.8. The van der Waals surface area contributed by atoms with Crippen molar-refractivity contribution in [1.29, 1.82) is 0 Å². The van der Waals surface area contributed by atoms with Crippen LogP contribution in [0.1, 0.15) is 31.2 Å². The van der Waals surface area contributed by atoms with Gasteiger partial charge in [0.05, 0.1) is 5.25 Å². The molecule has 1 aliphatic rings. The molecule has 0 saturated heterocycles. The van der Waals surface area contributed by atoms with Gasteiger partial charge < -0.3 is 4.90 Å². The zero-order valence-corrected chi connectivity index (χ0v) is 14.1. The van der Waals surface area contributed by atoms with Gasteiger partial charge in [-0.2, -0.15) is 0 Å². The molecule has 0 aromatic heterocycles. The van der Waals surface area contributed by atoms with Crippen LogP contribution in [0.15, 0.2) is 18.2 Å². The van der Waals surface area contributed by atoms with E-state index < -0.39 is 26.7 Å². The van der Waals surface area contributed by atoms with Gasteiger partial charge in [0.1, 0.15) is 0 Å². The normalized spacial score (nSPS) is 21.4. The van der Waals surface area contributed by atoms with E-state index in [0.29, 0.717) is 12.8 Å². The number of hydrogen-bond donors (Lipinski definition) is 0. The van der Waals surface area contributed by atoms with Gasteiger partial charge in [-0.1, -0.05) is 12.1 Å². The van der Waals surface area contributed by atoms with Crippen molar-refractivity contribution in [3.05, 3.63) is 35.4 Å². The van der Waals surface area contributed by atoms with Crippen molar-refractivity contribution in [2.45, 2.75) is 43.4 Å². The summed E-state index contributed by atoms with van der Waals surface area (Å²) in [6.45, 7) is 0. The number of rotatable bonds is 5. The Morgan fingerprint density at radius 1 is 1.30 bits per heavy atom. The lowest BCUT2D eigenvalue weighted by atomic mass is 10.1. The molecule has 4 nitrogen and oxygen atoms in total. The largest absolute Gasteiger partial charge is 0.341 e. The van der Waals surface area contributed by atoms with Gasteiger partial charge in [-0.05, 0) is 37.3 Å². The molecule has 0 N–H and O–H groups in total. The van der Waals surface area contributed by atoms with Crippen LogP contribution in [0.5, 0.6) is 0 Å². The predicted molar refractivity (Wildman–Crippen MR) is 83.7 cm³/mol. The number of carbonyl (C=O) groups is 1. The average Bonchev–Trinajstić information content (AvgIpc) is 2.97. The Morgan fingerprint density at radius 3 is 2.65 bits per heavy atom. The maximum absolute atomic E-state index is 13.6. The quantitative estimate of drug-likeness (QED) is 0.823. The third-order valence-electron chi connectivity index (χ3n) is 4.50. The molecule has 0 radical (unpaired) electrons. The number of sulfone groups is 1. The molecule has 1 amide bonds. The average molecular weight is 345 g/mol. The molecule has 128 valence electrons. The highest BCUT2D eigenvalue weighted by Crippen LogP contribution is 2.29. The molecule has 23 heavy (non-hydrogen) atoms. The lowest BCUT2D eigenvalue weighted by molar-refractivity contribution is -0.131. The van der Waals surface area contributed by atoms with Crippen molar-refractivity contribution in [1.82, 2.24) is 4.90 Å². The van der Waals surface area contributed by atoms with Crippen LogP contribution >= 0.6 is 0 Å². The van der Waals surface area contributed by atoms with E-state index in [1.807, 2.05) is 0 Å². The Bertz CT molecular complexity index is 691. The summed E-state index contributed by atoms with van der Waals surface area (Å²) in [5.41, 5.74) is 0.151. The third kappa shape index (κ3) is 4.07. The van der Waals surface area contributed by atoms with E-state index in [4.69, 9.17) is 0 Å². The molecule has 1 aromatic rings. The van der Waals surface area contributed by atoms with Crippen LogP contribution in [0, 0.1) is 11.6 Å². The van der Waals surface area contributed by atoms with Crippen molar-refractivity contribution in [2.24, 2.45) is 0 Å². The van der Waals surface area contributed by atoms with Crippen molar-refractivity contribution in [2.75, 3.05) is 13.3 Å². The number of hydrogen-bond acceptors (Lipinski definition) is 3. The zero-order valence-electron chi connectivity index (χ0n) is 13.3. The summed E-state index contributed by atoms with van der Waals surface area (Å²) in [5, 5.41) is -0.539. The van der Waals surface area contributed by atoms with Crippen molar-refractivity contribution >= 4 is 15.7 Å². The fourth-order valence-electron chi connectivity index (χ4n) is 3.19.